The first kappa shape index (κ1) is 20.1. The van der Waals surface area contributed by atoms with Gasteiger partial charge in [0.05, 0.1) is 6.04 Å². The van der Waals surface area contributed by atoms with Crippen LogP contribution in [0.2, 0.25) is 0 Å². The maximum Gasteiger partial charge on any atom is 0.573 e. The smallest absolute Gasteiger partial charge is 0.406 e. The normalized spacial score (nSPS) is 12.7. The molecule has 26 heavy (non-hydrogen) atoms. The van der Waals surface area contributed by atoms with Crippen molar-refractivity contribution < 1.29 is 22.7 Å². The number of aromatic nitrogens is 2. The van der Waals surface area contributed by atoms with Crippen LogP contribution < -0.4 is 15.8 Å². The third-order valence-electron chi connectivity index (χ3n) is 3.38. The Morgan fingerprint density at radius 3 is 2.77 bits per heavy atom. The molecule has 0 aliphatic heterocycles. The molecular weight excluding hydrogens is 369 g/mol. The van der Waals surface area contributed by atoms with Crippen molar-refractivity contribution in [1.29, 1.82) is 0 Å². The Balaban J connectivity index is 2.18. The van der Waals surface area contributed by atoms with Gasteiger partial charge in [0, 0.05) is 12.5 Å². The molecule has 2 aromatic rings. The number of halogens is 3. The van der Waals surface area contributed by atoms with Crippen molar-refractivity contribution in [3.8, 4) is 16.3 Å². The van der Waals surface area contributed by atoms with Gasteiger partial charge in [0.15, 0.2) is 0 Å². The van der Waals surface area contributed by atoms with Crippen molar-refractivity contribution in [2.45, 2.75) is 38.6 Å². The molecule has 142 valence electrons. The van der Waals surface area contributed by atoms with Crippen molar-refractivity contribution in [2.75, 3.05) is 6.54 Å². The van der Waals surface area contributed by atoms with Gasteiger partial charge in [0.25, 0.3) is 0 Å². The van der Waals surface area contributed by atoms with E-state index in [4.69, 9.17) is 5.73 Å². The highest BCUT2D eigenvalue weighted by atomic mass is 32.1. The zero-order valence-corrected chi connectivity index (χ0v) is 14.9. The standard InChI is InChI=1S/C16H19F3N4O2S/c1-10(24)21-13(7-2-3-8-20)15-23-22-14(26-15)11-5-4-6-12(9-11)25-16(17,18)19/h4-6,9,13H,2-3,7-8,20H2,1H3,(H,21,24)/t13-/m0/s1. The summed E-state index contributed by atoms with van der Waals surface area (Å²) in [5.41, 5.74) is 5.95. The fourth-order valence-electron chi connectivity index (χ4n) is 2.31. The van der Waals surface area contributed by atoms with Crippen molar-refractivity contribution >= 4 is 17.2 Å². The fourth-order valence-corrected chi connectivity index (χ4v) is 3.24. The Kier molecular flexibility index (Phi) is 6.92. The maximum absolute atomic E-state index is 12.4. The Bertz CT molecular complexity index is 736. The minimum atomic E-state index is -4.76. The molecule has 1 aromatic carbocycles. The molecule has 2 rings (SSSR count). The van der Waals surface area contributed by atoms with E-state index in [-0.39, 0.29) is 17.7 Å². The summed E-state index contributed by atoms with van der Waals surface area (Å²) >= 11 is 1.22. The van der Waals surface area contributed by atoms with Gasteiger partial charge in [-0.2, -0.15) is 0 Å². The number of carbonyl (C=O) groups is 1. The molecule has 0 fully saturated rings. The molecule has 10 heteroatoms. The summed E-state index contributed by atoms with van der Waals surface area (Å²) in [5, 5.41) is 12.0. The van der Waals surface area contributed by atoms with Crippen molar-refractivity contribution in [3.05, 3.63) is 29.3 Å². The molecule has 0 aliphatic carbocycles. The molecule has 1 heterocycles. The van der Waals surface area contributed by atoms with Gasteiger partial charge >= 0.3 is 6.36 Å². The van der Waals surface area contributed by atoms with Crippen LogP contribution in [0.3, 0.4) is 0 Å². The molecule has 0 bridgehead atoms. The van der Waals surface area contributed by atoms with Crippen LogP contribution in [-0.4, -0.2) is 29.0 Å². The second-order valence-electron chi connectivity index (χ2n) is 5.56. The summed E-state index contributed by atoms with van der Waals surface area (Å²) in [5.74, 6) is -0.520. The molecule has 1 amide bonds. The molecule has 0 spiro atoms. The topological polar surface area (TPSA) is 90.1 Å². The van der Waals surface area contributed by atoms with Crippen LogP contribution in [0, 0.1) is 0 Å². The molecule has 6 nitrogen and oxygen atoms in total. The van der Waals surface area contributed by atoms with E-state index in [0.717, 1.165) is 12.8 Å². The lowest BCUT2D eigenvalue weighted by Crippen LogP contribution is -2.26. The van der Waals surface area contributed by atoms with Crippen LogP contribution in [0.15, 0.2) is 24.3 Å². The number of alkyl halides is 3. The van der Waals surface area contributed by atoms with Crippen LogP contribution in [0.25, 0.3) is 10.6 Å². The highest BCUT2D eigenvalue weighted by Crippen LogP contribution is 2.32. The van der Waals surface area contributed by atoms with E-state index < -0.39 is 6.36 Å². The lowest BCUT2D eigenvalue weighted by molar-refractivity contribution is -0.274. The zero-order chi connectivity index (χ0) is 19.2. The van der Waals surface area contributed by atoms with Crippen molar-refractivity contribution in [2.24, 2.45) is 5.73 Å². The maximum atomic E-state index is 12.4. The third-order valence-corrected chi connectivity index (χ3v) is 4.46. The quantitative estimate of drug-likeness (QED) is 0.677. The Labute approximate surface area is 152 Å². The SMILES string of the molecule is CC(=O)N[C@@H](CCCCN)c1nnc(-c2cccc(OC(F)(F)F)c2)s1. The summed E-state index contributed by atoms with van der Waals surface area (Å²) in [7, 11) is 0. The number of nitrogens with two attached hydrogens (primary N) is 1. The van der Waals surface area contributed by atoms with Gasteiger partial charge in [-0.25, -0.2) is 0 Å². The number of unbranched alkanes of at least 4 members (excludes halogenated alkanes) is 1. The van der Waals surface area contributed by atoms with Gasteiger partial charge in [-0.05, 0) is 37.9 Å². The number of benzene rings is 1. The van der Waals surface area contributed by atoms with Gasteiger partial charge < -0.3 is 15.8 Å². The lowest BCUT2D eigenvalue weighted by atomic mass is 10.1. The van der Waals surface area contributed by atoms with E-state index in [2.05, 4.69) is 20.3 Å². The van der Waals surface area contributed by atoms with Crippen molar-refractivity contribution in [3.63, 3.8) is 0 Å². The minimum absolute atomic E-state index is 0.194. The van der Waals surface area contributed by atoms with E-state index in [0.29, 0.717) is 28.5 Å². The number of nitrogens with one attached hydrogen (secondary N) is 1. The molecule has 0 unspecified atom stereocenters. The van der Waals surface area contributed by atoms with Crippen LogP contribution in [0.4, 0.5) is 13.2 Å². The number of amides is 1. The Hall–Kier alpha value is -2.20. The monoisotopic (exact) mass is 388 g/mol. The number of hydrogen-bond acceptors (Lipinski definition) is 6. The summed E-state index contributed by atoms with van der Waals surface area (Å²) in [6.07, 6.45) is -2.48. The number of nitrogens with zero attached hydrogens (tertiary/aromatic N) is 2. The summed E-state index contributed by atoms with van der Waals surface area (Å²) in [6.45, 7) is 1.97. The van der Waals surface area contributed by atoms with Crippen LogP contribution in [0.1, 0.15) is 37.2 Å². The Morgan fingerprint density at radius 1 is 1.35 bits per heavy atom. The molecule has 3 N–H and O–H groups in total. The summed E-state index contributed by atoms with van der Waals surface area (Å²) in [6, 6.07) is 5.23. The molecule has 0 aliphatic rings. The molecule has 0 radical (unpaired) electrons. The zero-order valence-electron chi connectivity index (χ0n) is 14.0. The second-order valence-corrected chi connectivity index (χ2v) is 6.57. The molecular formula is C16H19F3N4O2S. The first-order valence-corrected chi connectivity index (χ1v) is 8.77. The Morgan fingerprint density at radius 2 is 2.12 bits per heavy atom. The van der Waals surface area contributed by atoms with Gasteiger partial charge in [-0.1, -0.05) is 23.5 Å². The first-order chi connectivity index (χ1) is 12.3. The number of rotatable bonds is 8. The van der Waals surface area contributed by atoms with Crippen LogP contribution in [-0.2, 0) is 4.79 Å². The highest BCUT2D eigenvalue weighted by Gasteiger charge is 2.31. The van der Waals surface area contributed by atoms with Crippen LogP contribution in [0.5, 0.6) is 5.75 Å². The molecule has 1 aromatic heterocycles. The largest absolute Gasteiger partial charge is 0.573 e. The van der Waals surface area contributed by atoms with Crippen molar-refractivity contribution in [1.82, 2.24) is 15.5 Å². The van der Waals surface area contributed by atoms with Gasteiger partial charge in [-0.15, -0.1) is 23.4 Å². The van der Waals surface area contributed by atoms with Gasteiger partial charge in [0.1, 0.15) is 15.8 Å². The number of carbonyl (C=O) groups excluding carboxylic acids is 1. The van der Waals surface area contributed by atoms with E-state index >= 15 is 0 Å². The summed E-state index contributed by atoms with van der Waals surface area (Å²) in [4.78, 5) is 11.4. The van der Waals surface area contributed by atoms with E-state index in [1.807, 2.05) is 0 Å². The average molecular weight is 388 g/mol. The first-order valence-electron chi connectivity index (χ1n) is 7.95. The third kappa shape index (κ3) is 6.26. The minimum Gasteiger partial charge on any atom is -0.406 e. The number of hydrogen-bond donors (Lipinski definition) is 2. The second kappa shape index (κ2) is 8.95. The van der Waals surface area contributed by atoms with Gasteiger partial charge in [-0.3, -0.25) is 4.79 Å². The predicted molar refractivity (Wildman–Crippen MR) is 91.5 cm³/mol. The lowest BCUT2D eigenvalue weighted by Gasteiger charge is -2.14. The molecule has 1 atom stereocenters. The molecule has 0 saturated heterocycles. The van der Waals surface area contributed by atoms with E-state index in [1.165, 1.54) is 36.5 Å². The number of ether oxygens (including phenoxy) is 1. The van der Waals surface area contributed by atoms with Crippen LogP contribution >= 0.6 is 11.3 Å². The van der Waals surface area contributed by atoms with Gasteiger partial charge in [0.2, 0.25) is 5.91 Å². The average Bonchev–Trinajstić information content (AvgIpc) is 3.02. The highest BCUT2D eigenvalue weighted by molar-refractivity contribution is 7.14. The molecule has 0 saturated carbocycles. The summed E-state index contributed by atoms with van der Waals surface area (Å²) < 4.78 is 41.0. The predicted octanol–water partition coefficient (Wildman–Crippen LogP) is 3.41. The van der Waals surface area contributed by atoms with E-state index in [9.17, 15) is 18.0 Å². The van der Waals surface area contributed by atoms with E-state index in [1.54, 1.807) is 6.07 Å². The fraction of sp³-hybridized carbons (Fsp3) is 0.438.